The number of amides is 3. The maximum absolute atomic E-state index is 12.7. The molecule has 1 atom stereocenters. The molecule has 1 aromatic rings. The molecular formula is C23H32N4O6. The number of hydrogen-bond donors (Lipinski definition) is 2. The minimum Gasteiger partial charge on any atom is -0.497 e. The molecule has 2 aliphatic rings. The lowest BCUT2D eigenvalue weighted by atomic mass is 9.95. The van der Waals surface area contributed by atoms with Crippen molar-refractivity contribution in [3.8, 4) is 5.75 Å². The van der Waals surface area contributed by atoms with Crippen LogP contribution < -0.4 is 15.4 Å². The third kappa shape index (κ3) is 6.16. The predicted octanol–water partition coefficient (Wildman–Crippen LogP) is 2.03. The minimum absolute atomic E-state index is 0.340. The van der Waals surface area contributed by atoms with Crippen LogP contribution in [0, 0.1) is 0 Å². The molecule has 1 unspecified atom stereocenters. The Balaban J connectivity index is 1.77. The molecule has 10 nitrogen and oxygen atoms in total. The van der Waals surface area contributed by atoms with Crippen molar-refractivity contribution in [3.63, 3.8) is 0 Å². The average Bonchev–Trinajstić information content (AvgIpc) is 2.77. The smallest absolute Gasteiger partial charge is 0.410 e. The first kappa shape index (κ1) is 24.4. The zero-order valence-electron chi connectivity index (χ0n) is 19.8. The number of hydrogen-bond acceptors (Lipinski definition) is 7. The average molecular weight is 461 g/mol. The van der Waals surface area contributed by atoms with Crippen LogP contribution in [0.2, 0.25) is 0 Å². The quantitative estimate of drug-likeness (QED) is 0.647. The fourth-order valence-electron chi connectivity index (χ4n) is 3.78. The van der Waals surface area contributed by atoms with Crippen LogP contribution in [0.3, 0.4) is 0 Å². The van der Waals surface area contributed by atoms with Gasteiger partial charge in [0.05, 0.1) is 25.8 Å². The Morgan fingerprint density at radius 2 is 1.70 bits per heavy atom. The molecule has 1 saturated heterocycles. The van der Waals surface area contributed by atoms with Gasteiger partial charge in [-0.2, -0.15) is 0 Å². The van der Waals surface area contributed by atoms with Gasteiger partial charge in [0.1, 0.15) is 11.4 Å². The molecule has 3 amide bonds. The van der Waals surface area contributed by atoms with Crippen molar-refractivity contribution in [1.29, 1.82) is 0 Å². The molecule has 180 valence electrons. The molecule has 0 spiro atoms. The lowest BCUT2D eigenvalue weighted by Crippen LogP contribution is -2.53. The Kier molecular flexibility index (Phi) is 7.47. The Morgan fingerprint density at radius 1 is 1.06 bits per heavy atom. The zero-order valence-corrected chi connectivity index (χ0v) is 19.8. The highest BCUT2D eigenvalue weighted by Crippen LogP contribution is 2.29. The van der Waals surface area contributed by atoms with Crippen LogP contribution >= 0.6 is 0 Å². The van der Waals surface area contributed by atoms with E-state index in [1.165, 1.54) is 7.11 Å². The molecule has 0 bridgehead atoms. The fraction of sp³-hybridized carbons (Fsp3) is 0.522. The van der Waals surface area contributed by atoms with Gasteiger partial charge in [-0.1, -0.05) is 12.1 Å². The number of methoxy groups -OCH3 is 2. The third-order valence-corrected chi connectivity index (χ3v) is 5.41. The molecule has 1 aromatic carbocycles. The number of rotatable bonds is 5. The Morgan fingerprint density at radius 3 is 2.24 bits per heavy atom. The summed E-state index contributed by atoms with van der Waals surface area (Å²) < 4.78 is 15.7. The fourth-order valence-corrected chi connectivity index (χ4v) is 3.78. The highest BCUT2D eigenvalue weighted by atomic mass is 16.6. The minimum atomic E-state index is -0.657. The number of nitrogens with zero attached hydrogens (tertiary/aromatic N) is 2. The molecular weight excluding hydrogens is 428 g/mol. The summed E-state index contributed by atoms with van der Waals surface area (Å²) in [6, 6.07) is 6.09. The Labute approximate surface area is 193 Å². The molecule has 0 saturated carbocycles. The van der Waals surface area contributed by atoms with E-state index in [1.807, 2.05) is 20.8 Å². The first-order valence-electron chi connectivity index (χ1n) is 10.8. The van der Waals surface area contributed by atoms with Crippen molar-refractivity contribution in [2.45, 2.75) is 32.4 Å². The summed E-state index contributed by atoms with van der Waals surface area (Å²) in [5.74, 6) is 0.149. The normalized spacial score (nSPS) is 19.5. The summed E-state index contributed by atoms with van der Waals surface area (Å²) in [5.41, 5.74) is 1.01. The summed E-state index contributed by atoms with van der Waals surface area (Å²) in [6.45, 7) is 7.98. The van der Waals surface area contributed by atoms with Crippen molar-refractivity contribution in [2.24, 2.45) is 0 Å². The van der Waals surface area contributed by atoms with Gasteiger partial charge in [0.25, 0.3) is 0 Å². The number of nitrogens with one attached hydrogen (secondary N) is 2. The molecule has 33 heavy (non-hydrogen) atoms. The van der Waals surface area contributed by atoms with Gasteiger partial charge < -0.3 is 29.7 Å². The molecule has 0 aliphatic carbocycles. The molecule has 0 radical (unpaired) electrons. The highest BCUT2D eigenvalue weighted by Gasteiger charge is 2.35. The molecule has 1 fully saturated rings. The Bertz CT molecular complexity index is 914. The van der Waals surface area contributed by atoms with Gasteiger partial charge in [0.2, 0.25) is 0 Å². The Hall–Kier alpha value is -3.27. The van der Waals surface area contributed by atoms with Gasteiger partial charge in [-0.25, -0.2) is 14.4 Å². The molecule has 0 aromatic heterocycles. The second-order valence-corrected chi connectivity index (χ2v) is 8.93. The standard InChI is InChI=1S/C23H32N4O6/c1-23(2,3)33-22(30)27-12-10-26(11-13-27)14-17-18(20(28)32-5)19(25-21(29)24-17)15-6-8-16(31-4)9-7-15/h6-9,19H,10-14H2,1-5H3,(H2,24,25,29). The van der Waals surface area contributed by atoms with Crippen molar-refractivity contribution in [1.82, 2.24) is 20.4 Å². The first-order valence-corrected chi connectivity index (χ1v) is 10.8. The number of carbonyl (C=O) groups excluding carboxylic acids is 3. The number of carbonyl (C=O) groups is 3. The number of ether oxygens (including phenoxy) is 3. The van der Waals surface area contributed by atoms with Crippen molar-refractivity contribution in [2.75, 3.05) is 46.9 Å². The summed E-state index contributed by atoms with van der Waals surface area (Å²) in [7, 11) is 2.88. The lowest BCUT2D eigenvalue weighted by Gasteiger charge is -2.37. The zero-order chi connectivity index (χ0) is 24.2. The molecule has 2 N–H and O–H groups in total. The van der Waals surface area contributed by atoms with E-state index in [1.54, 1.807) is 36.3 Å². The lowest BCUT2D eigenvalue weighted by molar-refractivity contribution is -0.136. The third-order valence-electron chi connectivity index (χ3n) is 5.41. The van der Waals surface area contributed by atoms with Crippen molar-refractivity contribution >= 4 is 18.1 Å². The molecule has 10 heteroatoms. The van der Waals surface area contributed by atoms with E-state index in [0.717, 1.165) is 5.56 Å². The van der Waals surface area contributed by atoms with Crippen LogP contribution in [0.4, 0.5) is 9.59 Å². The van der Waals surface area contributed by atoms with Crippen molar-refractivity contribution < 1.29 is 28.6 Å². The van der Waals surface area contributed by atoms with Crippen LogP contribution in [0.15, 0.2) is 35.5 Å². The number of benzene rings is 1. The maximum Gasteiger partial charge on any atom is 0.410 e. The van der Waals surface area contributed by atoms with E-state index in [0.29, 0.717) is 49.7 Å². The van der Waals surface area contributed by atoms with E-state index in [9.17, 15) is 14.4 Å². The number of urea groups is 1. The van der Waals surface area contributed by atoms with Gasteiger partial charge in [0.15, 0.2) is 0 Å². The summed E-state index contributed by atoms with van der Waals surface area (Å²) in [6.07, 6.45) is -0.341. The van der Waals surface area contributed by atoms with Crippen LogP contribution in [0.1, 0.15) is 32.4 Å². The summed E-state index contributed by atoms with van der Waals surface area (Å²) in [5, 5.41) is 5.58. The highest BCUT2D eigenvalue weighted by molar-refractivity contribution is 5.95. The maximum atomic E-state index is 12.7. The number of piperazine rings is 1. The summed E-state index contributed by atoms with van der Waals surface area (Å²) in [4.78, 5) is 41.2. The monoisotopic (exact) mass is 460 g/mol. The van der Waals surface area contributed by atoms with E-state index >= 15 is 0 Å². The van der Waals surface area contributed by atoms with Crippen LogP contribution in [0.25, 0.3) is 0 Å². The molecule has 2 aliphatic heterocycles. The van der Waals surface area contributed by atoms with E-state index in [-0.39, 0.29) is 6.09 Å². The molecule has 3 rings (SSSR count). The predicted molar refractivity (Wildman–Crippen MR) is 121 cm³/mol. The largest absolute Gasteiger partial charge is 0.497 e. The van der Waals surface area contributed by atoms with Gasteiger partial charge in [0, 0.05) is 38.4 Å². The number of esters is 1. The van der Waals surface area contributed by atoms with Crippen LogP contribution in [-0.2, 0) is 14.3 Å². The SMILES string of the molecule is COC(=O)C1=C(CN2CCN(C(=O)OC(C)(C)C)CC2)NC(=O)NC1c1ccc(OC)cc1. The van der Waals surface area contributed by atoms with Crippen molar-refractivity contribution in [3.05, 3.63) is 41.1 Å². The summed E-state index contributed by atoms with van der Waals surface area (Å²) >= 11 is 0. The van der Waals surface area contributed by atoms with E-state index in [4.69, 9.17) is 14.2 Å². The first-order chi connectivity index (χ1) is 15.6. The second-order valence-electron chi connectivity index (χ2n) is 8.93. The van der Waals surface area contributed by atoms with Crippen LogP contribution in [-0.4, -0.2) is 80.4 Å². The van der Waals surface area contributed by atoms with Gasteiger partial charge in [-0.15, -0.1) is 0 Å². The second kappa shape index (κ2) is 10.1. The van der Waals surface area contributed by atoms with Gasteiger partial charge >= 0.3 is 18.1 Å². The van der Waals surface area contributed by atoms with Gasteiger partial charge in [-0.3, -0.25) is 4.90 Å². The van der Waals surface area contributed by atoms with E-state index < -0.39 is 23.6 Å². The topological polar surface area (TPSA) is 109 Å². The van der Waals surface area contributed by atoms with Crippen LogP contribution in [0.5, 0.6) is 5.75 Å². The van der Waals surface area contributed by atoms with E-state index in [2.05, 4.69) is 15.5 Å². The molecule has 2 heterocycles. The van der Waals surface area contributed by atoms with Gasteiger partial charge in [-0.05, 0) is 38.5 Å².